The summed E-state index contributed by atoms with van der Waals surface area (Å²) < 4.78 is 6.34. The second kappa shape index (κ2) is 10.8. The molecule has 3 fully saturated rings. The maximum absolute atomic E-state index is 12.4. The molecule has 4 aliphatic heterocycles. The van der Waals surface area contributed by atoms with Crippen molar-refractivity contribution in [2.24, 2.45) is 5.92 Å². The van der Waals surface area contributed by atoms with Crippen molar-refractivity contribution in [1.82, 2.24) is 19.8 Å². The van der Waals surface area contributed by atoms with Gasteiger partial charge >= 0.3 is 6.01 Å². The van der Waals surface area contributed by atoms with Gasteiger partial charge in [0, 0.05) is 54.8 Å². The third kappa shape index (κ3) is 4.81. The molecule has 4 aliphatic rings. The molecule has 8 nitrogen and oxygen atoms in total. The predicted octanol–water partition coefficient (Wildman–Crippen LogP) is 4.54. The highest BCUT2D eigenvalue weighted by Gasteiger charge is 2.44. The summed E-state index contributed by atoms with van der Waals surface area (Å²) in [5.74, 6) is 1.44. The van der Waals surface area contributed by atoms with Crippen LogP contribution in [0.4, 0.5) is 11.5 Å². The van der Waals surface area contributed by atoms with Gasteiger partial charge in [-0.1, -0.05) is 42.4 Å². The molecule has 5 heterocycles. The first-order chi connectivity index (χ1) is 20.0. The molecular formula is C32H37ClN6O2. The van der Waals surface area contributed by atoms with Crippen LogP contribution in [0.25, 0.3) is 10.8 Å². The number of ether oxygens (including phenoxy) is 1. The zero-order chi connectivity index (χ0) is 28.1. The number of likely N-dealkylation sites (N-methyl/N-ethyl adjacent to an activating group) is 1. The van der Waals surface area contributed by atoms with E-state index in [-0.39, 0.29) is 11.9 Å². The van der Waals surface area contributed by atoms with Gasteiger partial charge in [-0.25, -0.2) is 0 Å². The Morgan fingerprint density at radius 1 is 1.12 bits per heavy atom. The summed E-state index contributed by atoms with van der Waals surface area (Å²) in [7, 11) is 2.16. The highest BCUT2D eigenvalue weighted by atomic mass is 35.5. The molecule has 0 radical (unpaired) electrons. The topological polar surface area (TPSA) is 65.0 Å². The molecule has 3 atom stereocenters. The van der Waals surface area contributed by atoms with Crippen LogP contribution in [0.2, 0.25) is 5.02 Å². The average molecular weight is 573 g/mol. The van der Waals surface area contributed by atoms with Gasteiger partial charge in [0.1, 0.15) is 12.4 Å². The van der Waals surface area contributed by atoms with E-state index < -0.39 is 0 Å². The molecule has 3 aromatic rings. The number of fused-ring (bicyclic) bond motifs is 3. The van der Waals surface area contributed by atoms with Crippen molar-refractivity contribution in [3.05, 3.63) is 65.3 Å². The SMILES string of the molecule is C=CC(=O)N1C[C@H]2CCN(c3nc(OC[C@@H]4CCCN4C)nc4c3CCN(c3cccc5cccc(Cl)c35)C4)[C@H]2C1. The smallest absolute Gasteiger partial charge is 0.318 e. The molecule has 0 spiro atoms. The molecule has 1 amide bonds. The number of halogens is 1. The Labute approximate surface area is 246 Å². The standard InChI is InChI=1S/C32H37ClN6O2/c1-3-29(40)38-17-22-12-16-39(28(22)19-38)31-24-13-15-37(27-11-5-8-21-7-4-10-25(33)30(21)27)18-26(24)34-32(35-31)41-20-23-9-6-14-36(23)2/h3-5,7-8,10-11,22-23,28H,1,6,9,12-20H2,2H3/t22-,23+,28+/m1/s1. The highest BCUT2D eigenvalue weighted by molar-refractivity contribution is 6.36. The Bertz CT molecular complexity index is 1490. The number of carbonyl (C=O) groups is 1. The van der Waals surface area contributed by atoms with E-state index in [9.17, 15) is 4.79 Å². The molecule has 7 rings (SSSR count). The summed E-state index contributed by atoms with van der Waals surface area (Å²) in [6.07, 6.45) is 5.64. The molecule has 0 aliphatic carbocycles. The highest BCUT2D eigenvalue weighted by Crippen LogP contribution is 2.40. The summed E-state index contributed by atoms with van der Waals surface area (Å²) in [6.45, 7) is 9.33. The third-order valence-electron chi connectivity index (χ3n) is 9.58. The number of rotatable bonds is 6. The summed E-state index contributed by atoms with van der Waals surface area (Å²) >= 11 is 6.71. The van der Waals surface area contributed by atoms with Crippen LogP contribution >= 0.6 is 11.6 Å². The number of amides is 1. The van der Waals surface area contributed by atoms with Crippen molar-refractivity contribution in [2.45, 2.75) is 44.3 Å². The number of hydrogen-bond donors (Lipinski definition) is 0. The number of hydrogen-bond acceptors (Lipinski definition) is 7. The van der Waals surface area contributed by atoms with Crippen LogP contribution in [0.15, 0.2) is 49.1 Å². The molecule has 0 N–H and O–H groups in total. The maximum atomic E-state index is 12.4. The van der Waals surface area contributed by atoms with E-state index in [0.29, 0.717) is 37.7 Å². The summed E-state index contributed by atoms with van der Waals surface area (Å²) in [5, 5.41) is 2.98. The van der Waals surface area contributed by atoms with Gasteiger partial charge in [-0.05, 0) is 62.9 Å². The van der Waals surface area contributed by atoms with E-state index in [2.05, 4.69) is 52.6 Å². The lowest BCUT2D eigenvalue weighted by molar-refractivity contribution is -0.125. The molecule has 0 unspecified atom stereocenters. The maximum Gasteiger partial charge on any atom is 0.318 e. The van der Waals surface area contributed by atoms with Gasteiger partial charge < -0.3 is 24.3 Å². The Morgan fingerprint density at radius 2 is 1.98 bits per heavy atom. The molecule has 1 aromatic heterocycles. The Hall–Kier alpha value is -3.36. The zero-order valence-electron chi connectivity index (χ0n) is 23.6. The van der Waals surface area contributed by atoms with Crippen molar-refractivity contribution in [3.8, 4) is 6.01 Å². The average Bonchev–Trinajstić information content (AvgIpc) is 3.71. The van der Waals surface area contributed by atoms with Gasteiger partial charge in [-0.3, -0.25) is 4.79 Å². The van der Waals surface area contributed by atoms with Gasteiger partial charge in [-0.2, -0.15) is 9.97 Å². The number of benzene rings is 2. The normalized spacial score (nSPS) is 24.1. The first kappa shape index (κ1) is 26.5. The van der Waals surface area contributed by atoms with Gasteiger partial charge in [0.2, 0.25) is 5.91 Å². The number of likely N-dealkylation sites (tertiary alicyclic amines) is 2. The number of nitrogens with zero attached hydrogens (tertiary/aromatic N) is 6. The fourth-order valence-electron chi connectivity index (χ4n) is 7.33. The van der Waals surface area contributed by atoms with Gasteiger partial charge in [0.05, 0.1) is 23.3 Å². The van der Waals surface area contributed by atoms with Crippen LogP contribution in [0, 0.1) is 5.92 Å². The van der Waals surface area contributed by atoms with Gasteiger partial charge in [0.15, 0.2) is 0 Å². The van der Waals surface area contributed by atoms with E-state index in [4.69, 9.17) is 26.3 Å². The van der Waals surface area contributed by atoms with E-state index >= 15 is 0 Å². The van der Waals surface area contributed by atoms with Crippen LogP contribution in [0.3, 0.4) is 0 Å². The summed E-state index contributed by atoms with van der Waals surface area (Å²) in [5.41, 5.74) is 3.34. The minimum absolute atomic E-state index is 0.0122. The molecule has 2 aromatic carbocycles. The Kier molecular flexibility index (Phi) is 6.99. The minimum atomic E-state index is 0.0122. The molecule has 214 valence electrons. The number of carbonyl (C=O) groups excluding carboxylic acids is 1. The van der Waals surface area contributed by atoms with E-state index in [0.717, 1.165) is 78.4 Å². The van der Waals surface area contributed by atoms with Gasteiger partial charge in [0.25, 0.3) is 0 Å². The van der Waals surface area contributed by atoms with Crippen LogP contribution < -0.4 is 14.5 Å². The lowest BCUT2D eigenvalue weighted by Gasteiger charge is -2.35. The van der Waals surface area contributed by atoms with E-state index in [1.165, 1.54) is 18.1 Å². The van der Waals surface area contributed by atoms with Gasteiger partial charge in [-0.15, -0.1) is 0 Å². The monoisotopic (exact) mass is 572 g/mol. The summed E-state index contributed by atoms with van der Waals surface area (Å²) in [6, 6.07) is 13.5. The molecular weight excluding hydrogens is 536 g/mol. The number of anilines is 2. The van der Waals surface area contributed by atoms with E-state index in [1.807, 2.05) is 17.0 Å². The zero-order valence-corrected chi connectivity index (χ0v) is 24.4. The first-order valence-corrected chi connectivity index (χ1v) is 15.2. The van der Waals surface area contributed by atoms with Crippen LogP contribution in [0.5, 0.6) is 6.01 Å². The molecule has 0 bridgehead atoms. The van der Waals surface area contributed by atoms with Crippen LogP contribution in [0.1, 0.15) is 30.5 Å². The van der Waals surface area contributed by atoms with Crippen molar-refractivity contribution < 1.29 is 9.53 Å². The third-order valence-corrected chi connectivity index (χ3v) is 9.89. The molecule has 9 heteroatoms. The molecule has 0 saturated carbocycles. The Balaban J connectivity index is 1.23. The lowest BCUT2D eigenvalue weighted by atomic mass is 10.0. The fourth-order valence-corrected chi connectivity index (χ4v) is 7.61. The minimum Gasteiger partial charge on any atom is -0.462 e. The fraction of sp³-hybridized carbons (Fsp3) is 0.469. The van der Waals surface area contributed by atoms with Crippen LogP contribution in [-0.2, 0) is 17.8 Å². The molecule has 3 saturated heterocycles. The first-order valence-electron chi connectivity index (χ1n) is 14.8. The van der Waals surface area contributed by atoms with Crippen molar-refractivity contribution in [3.63, 3.8) is 0 Å². The van der Waals surface area contributed by atoms with E-state index in [1.54, 1.807) is 0 Å². The predicted molar refractivity (Wildman–Crippen MR) is 163 cm³/mol. The second-order valence-corrected chi connectivity index (χ2v) is 12.3. The lowest BCUT2D eigenvalue weighted by Crippen LogP contribution is -2.39. The molecule has 41 heavy (non-hydrogen) atoms. The van der Waals surface area contributed by atoms with Crippen molar-refractivity contribution in [1.29, 1.82) is 0 Å². The Morgan fingerprint density at radius 3 is 2.78 bits per heavy atom. The second-order valence-electron chi connectivity index (χ2n) is 11.9. The largest absolute Gasteiger partial charge is 0.462 e. The quantitative estimate of drug-likeness (QED) is 0.402. The van der Waals surface area contributed by atoms with Crippen molar-refractivity contribution in [2.75, 3.05) is 56.2 Å². The van der Waals surface area contributed by atoms with Crippen molar-refractivity contribution >= 4 is 39.8 Å². The van der Waals surface area contributed by atoms with Crippen LogP contribution in [-0.4, -0.2) is 84.1 Å². The number of aromatic nitrogens is 2. The summed E-state index contributed by atoms with van der Waals surface area (Å²) in [4.78, 5) is 31.6.